The second-order valence-corrected chi connectivity index (χ2v) is 8.56. The van der Waals surface area contributed by atoms with Crippen LogP contribution < -0.4 is 19.7 Å². The number of amides is 1. The Morgan fingerprint density at radius 2 is 1.91 bits per heavy atom. The second kappa shape index (κ2) is 10.2. The van der Waals surface area contributed by atoms with Crippen LogP contribution in [0.25, 0.3) is 0 Å². The molecule has 0 saturated carbocycles. The number of piperidine rings is 1. The molecule has 33 heavy (non-hydrogen) atoms. The number of rotatable bonds is 7. The molecule has 1 aliphatic heterocycles. The average molecular weight is 470 g/mol. The highest BCUT2D eigenvalue weighted by Crippen LogP contribution is 2.33. The highest BCUT2D eigenvalue weighted by Gasteiger charge is 2.18. The zero-order valence-corrected chi connectivity index (χ0v) is 19.9. The molecule has 2 aromatic carbocycles. The van der Waals surface area contributed by atoms with Crippen molar-refractivity contribution in [3.05, 3.63) is 64.0 Å². The molecule has 0 atom stereocenters. The van der Waals surface area contributed by atoms with Crippen molar-refractivity contribution in [2.75, 3.05) is 30.4 Å². The molecule has 7 nitrogen and oxygen atoms in total. The van der Waals surface area contributed by atoms with E-state index >= 15 is 0 Å². The molecular formula is C25H28ClN3O4. The molecule has 0 radical (unpaired) electrons. The van der Waals surface area contributed by atoms with E-state index in [0.29, 0.717) is 40.1 Å². The summed E-state index contributed by atoms with van der Waals surface area (Å²) in [5, 5.41) is 7.54. The molecule has 1 fully saturated rings. The van der Waals surface area contributed by atoms with Gasteiger partial charge >= 0.3 is 0 Å². The predicted octanol–water partition coefficient (Wildman–Crippen LogP) is 5.78. The van der Waals surface area contributed by atoms with E-state index in [9.17, 15) is 4.79 Å². The van der Waals surface area contributed by atoms with E-state index in [1.165, 1.54) is 6.42 Å². The van der Waals surface area contributed by atoms with Gasteiger partial charge in [0.15, 0.2) is 11.5 Å². The standard InChI is InChI=1S/C25H28ClN3O4/c1-16-20(17(2)33-28-16)15-32-23-10-7-18(13-24(23)31-3)25(30)27-21-14-19(26)8-9-22(21)29-11-5-4-6-12-29/h7-10,13-14H,4-6,11-12,15H2,1-3H3,(H,27,30). The van der Waals surface area contributed by atoms with Crippen LogP contribution in [0.5, 0.6) is 11.5 Å². The first-order valence-electron chi connectivity index (χ1n) is 11.0. The van der Waals surface area contributed by atoms with Crippen molar-refractivity contribution >= 4 is 28.9 Å². The number of aryl methyl sites for hydroxylation is 2. The van der Waals surface area contributed by atoms with Gasteiger partial charge in [0.1, 0.15) is 12.4 Å². The van der Waals surface area contributed by atoms with Gasteiger partial charge in [-0.25, -0.2) is 0 Å². The zero-order chi connectivity index (χ0) is 23.4. The van der Waals surface area contributed by atoms with Crippen LogP contribution in [-0.2, 0) is 6.61 Å². The van der Waals surface area contributed by atoms with Crippen LogP contribution in [0.4, 0.5) is 11.4 Å². The van der Waals surface area contributed by atoms with Crippen LogP contribution in [0.2, 0.25) is 5.02 Å². The lowest BCUT2D eigenvalue weighted by atomic mass is 10.1. The first-order chi connectivity index (χ1) is 16.0. The lowest BCUT2D eigenvalue weighted by molar-refractivity contribution is 0.102. The zero-order valence-electron chi connectivity index (χ0n) is 19.1. The largest absolute Gasteiger partial charge is 0.493 e. The highest BCUT2D eigenvalue weighted by atomic mass is 35.5. The minimum Gasteiger partial charge on any atom is -0.493 e. The number of nitrogens with one attached hydrogen (secondary N) is 1. The summed E-state index contributed by atoms with van der Waals surface area (Å²) in [6, 6.07) is 10.7. The van der Waals surface area contributed by atoms with Crippen LogP contribution in [0.3, 0.4) is 0 Å². The first-order valence-corrected chi connectivity index (χ1v) is 11.4. The van der Waals surface area contributed by atoms with Crippen molar-refractivity contribution in [1.82, 2.24) is 5.16 Å². The fourth-order valence-corrected chi connectivity index (χ4v) is 4.17. The minimum absolute atomic E-state index is 0.244. The maximum atomic E-state index is 13.1. The Labute approximate surface area is 198 Å². The second-order valence-electron chi connectivity index (χ2n) is 8.12. The molecule has 1 saturated heterocycles. The molecule has 0 unspecified atom stereocenters. The van der Waals surface area contributed by atoms with E-state index in [2.05, 4.69) is 15.4 Å². The SMILES string of the molecule is COc1cc(C(=O)Nc2cc(Cl)ccc2N2CCCCC2)ccc1OCc1c(C)noc1C. The molecule has 0 bridgehead atoms. The molecule has 1 aromatic heterocycles. The molecule has 0 spiro atoms. The maximum absolute atomic E-state index is 13.1. The molecule has 0 aliphatic carbocycles. The lowest BCUT2D eigenvalue weighted by Crippen LogP contribution is -2.30. The summed E-state index contributed by atoms with van der Waals surface area (Å²) in [6.07, 6.45) is 3.52. The van der Waals surface area contributed by atoms with E-state index in [1.54, 1.807) is 31.4 Å². The van der Waals surface area contributed by atoms with Gasteiger partial charge in [0.05, 0.1) is 29.7 Å². The third kappa shape index (κ3) is 5.25. The molecule has 2 heterocycles. The first kappa shape index (κ1) is 23.0. The fourth-order valence-electron chi connectivity index (χ4n) is 4.00. The molecule has 174 valence electrons. The van der Waals surface area contributed by atoms with Gasteiger partial charge in [-0.15, -0.1) is 0 Å². The number of anilines is 2. The van der Waals surface area contributed by atoms with E-state index < -0.39 is 0 Å². The van der Waals surface area contributed by atoms with Crippen LogP contribution in [0.1, 0.15) is 46.6 Å². The van der Waals surface area contributed by atoms with Crippen molar-refractivity contribution in [1.29, 1.82) is 0 Å². The Bertz CT molecular complexity index is 1120. The van der Waals surface area contributed by atoms with Gasteiger partial charge in [-0.3, -0.25) is 4.79 Å². The summed E-state index contributed by atoms with van der Waals surface area (Å²) < 4.78 is 16.6. The van der Waals surface area contributed by atoms with E-state index in [0.717, 1.165) is 42.9 Å². The topological polar surface area (TPSA) is 76.8 Å². The maximum Gasteiger partial charge on any atom is 0.255 e. The highest BCUT2D eigenvalue weighted by molar-refractivity contribution is 6.31. The molecule has 1 aliphatic rings. The number of hydrogen-bond donors (Lipinski definition) is 1. The van der Waals surface area contributed by atoms with Gasteiger partial charge in [-0.1, -0.05) is 16.8 Å². The molecule has 1 amide bonds. The Hall–Kier alpha value is -3.19. The number of methoxy groups -OCH3 is 1. The van der Waals surface area contributed by atoms with Crippen LogP contribution in [-0.4, -0.2) is 31.3 Å². The number of carbonyl (C=O) groups is 1. The summed E-state index contributed by atoms with van der Waals surface area (Å²) in [6.45, 7) is 5.95. The number of nitrogens with zero attached hydrogens (tertiary/aromatic N) is 2. The van der Waals surface area contributed by atoms with E-state index in [-0.39, 0.29) is 5.91 Å². The van der Waals surface area contributed by atoms with Crippen molar-refractivity contribution in [3.8, 4) is 11.5 Å². The Balaban J connectivity index is 1.51. The molecule has 1 N–H and O–H groups in total. The van der Waals surface area contributed by atoms with Crippen molar-refractivity contribution in [2.24, 2.45) is 0 Å². The summed E-state index contributed by atoms with van der Waals surface area (Å²) in [7, 11) is 1.55. The number of benzene rings is 2. The minimum atomic E-state index is -0.244. The van der Waals surface area contributed by atoms with Crippen LogP contribution in [0, 0.1) is 13.8 Å². The third-order valence-corrected chi connectivity index (χ3v) is 6.12. The number of halogens is 1. The number of hydrogen-bond acceptors (Lipinski definition) is 6. The van der Waals surface area contributed by atoms with Gasteiger partial charge in [-0.05, 0) is 69.5 Å². The van der Waals surface area contributed by atoms with E-state index in [4.69, 9.17) is 25.6 Å². The van der Waals surface area contributed by atoms with Crippen LogP contribution in [0.15, 0.2) is 40.9 Å². The third-order valence-electron chi connectivity index (χ3n) is 5.88. The fraction of sp³-hybridized carbons (Fsp3) is 0.360. The summed E-state index contributed by atoms with van der Waals surface area (Å²) in [4.78, 5) is 15.4. The lowest BCUT2D eigenvalue weighted by Gasteiger charge is -2.30. The summed E-state index contributed by atoms with van der Waals surface area (Å²) >= 11 is 6.24. The van der Waals surface area contributed by atoms with Gasteiger partial charge in [0.2, 0.25) is 0 Å². The normalized spacial score (nSPS) is 13.6. The number of ether oxygens (including phenoxy) is 2. The van der Waals surface area contributed by atoms with E-state index in [1.807, 2.05) is 26.0 Å². The van der Waals surface area contributed by atoms with Crippen molar-refractivity contribution in [2.45, 2.75) is 39.7 Å². The number of carbonyl (C=O) groups excluding carboxylic acids is 1. The van der Waals surface area contributed by atoms with Gasteiger partial charge in [0.25, 0.3) is 5.91 Å². The monoisotopic (exact) mass is 469 g/mol. The van der Waals surface area contributed by atoms with Gasteiger partial charge in [0, 0.05) is 23.7 Å². The summed E-state index contributed by atoms with van der Waals surface area (Å²) in [5.74, 6) is 1.47. The Kier molecular flexibility index (Phi) is 7.08. The molecule has 8 heteroatoms. The van der Waals surface area contributed by atoms with Crippen molar-refractivity contribution < 1.29 is 18.8 Å². The molecular weight excluding hydrogens is 442 g/mol. The number of aromatic nitrogens is 1. The quantitative estimate of drug-likeness (QED) is 0.473. The van der Waals surface area contributed by atoms with Gasteiger partial charge in [-0.2, -0.15) is 0 Å². The Morgan fingerprint density at radius 1 is 1.12 bits per heavy atom. The molecule has 4 rings (SSSR count). The average Bonchev–Trinajstić information content (AvgIpc) is 3.15. The Morgan fingerprint density at radius 3 is 2.61 bits per heavy atom. The van der Waals surface area contributed by atoms with Crippen LogP contribution >= 0.6 is 11.6 Å². The van der Waals surface area contributed by atoms with Crippen molar-refractivity contribution in [3.63, 3.8) is 0 Å². The smallest absolute Gasteiger partial charge is 0.255 e. The molecule has 3 aromatic rings. The predicted molar refractivity (Wildman–Crippen MR) is 129 cm³/mol. The summed E-state index contributed by atoms with van der Waals surface area (Å²) in [5.41, 5.74) is 3.82. The van der Waals surface area contributed by atoms with Gasteiger partial charge < -0.3 is 24.2 Å².